The fraction of sp³-hybridized carbons (Fsp3) is 0.318. The van der Waals surface area contributed by atoms with Crippen LogP contribution in [0, 0.1) is 13.8 Å². The predicted octanol–water partition coefficient (Wildman–Crippen LogP) is 5.28. The van der Waals surface area contributed by atoms with E-state index in [2.05, 4.69) is 10.3 Å². The van der Waals surface area contributed by atoms with Crippen LogP contribution in [0.1, 0.15) is 36.2 Å². The molecule has 0 unspecified atom stereocenters. The summed E-state index contributed by atoms with van der Waals surface area (Å²) < 4.78 is 46.8. The lowest BCUT2D eigenvalue weighted by Crippen LogP contribution is -2.37. The number of rotatable bonds is 5. The first-order valence-electron chi connectivity index (χ1n) is 9.73. The lowest BCUT2D eigenvalue weighted by molar-refractivity contribution is -0.142. The van der Waals surface area contributed by atoms with Gasteiger partial charge >= 0.3 is 6.18 Å². The van der Waals surface area contributed by atoms with Gasteiger partial charge in [0.1, 0.15) is 11.8 Å². The van der Waals surface area contributed by atoms with Crippen molar-refractivity contribution in [2.45, 2.75) is 39.4 Å². The smallest absolute Gasteiger partial charge is 0.438 e. The second-order valence-corrected chi connectivity index (χ2v) is 7.75. The van der Waals surface area contributed by atoms with Gasteiger partial charge in [0.25, 0.3) is 5.56 Å². The van der Waals surface area contributed by atoms with Gasteiger partial charge in [-0.2, -0.15) is 13.2 Å². The van der Waals surface area contributed by atoms with Crippen LogP contribution in [-0.4, -0.2) is 22.6 Å². The first kappa shape index (κ1) is 23.6. The summed E-state index contributed by atoms with van der Waals surface area (Å²) in [5.74, 6) is -0.374. The first-order valence-corrected chi connectivity index (χ1v) is 10.1. The molecule has 0 aliphatic rings. The Balaban J connectivity index is 2.22. The van der Waals surface area contributed by atoms with Crippen LogP contribution in [0.15, 0.2) is 35.1 Å². The highest BCUT2D eigenvalue weighted by molar-refractivity contribution is 6.31. The van der Waals surface area contributed by atoms with Crippen LogP contribution < -0.4 is 15.6 Å². The molecule has 3 aromatic rings. The van der Waals surface area contributed by atoms with Gasteiger partial charge in [-0.3, -0.25) is 14.2 Å². The van der Waals surface area contributed by atoms with Crippen molar-refractivity contribution in [3.8, 4) is 5.75 Å². The van der Waals surface area contributed by atoms with Crippen molar-refractivity contribution in [1.82, 2.24) is 9.55 Å². The topological polar surface area (TPSA) is 73.2 Å². The molecule has 0 aliphatic heterocycles. The van der Waals surface area contributed by atoms with Gasteiger partial charge in [0.2, 0.25) is 11.6 Å². The van der Waals surface area contributed by atoms with Gasteiger partial charge in [-0.15, -0.1) is 0 Å². The number of hydrogen-bond acceptors (Lipinski definition) is 4. The van der Waals surface area contributed by atoms with E-state index < -0.39 is 29.4 Å². The summed E-state index contributed by atoms with van der Waals surface area (Å²) in [4.78, 5) is 29.7. The maximum Gasteiger partial charge on any atom is 0.438 e. The van der Waals surface area contributed by atoms with Crippen molar-refractivity contribution in [2.75, 3.05) is 12.4 Å². The lowest BCUT2D eigenvalue weighted by Gasteiger charge is -2.22. The molecule has 0 fully saturated rings. The van der Waals surface area contributed by atoms with Crippen molar-refractivity contribution in [3.05, 3.63) is 62.5 Å². The molecule has 1 heterocycles. The highest BCUT2D eigenvalue weighted by Gasteiger charge is 2.39. The zero-order chi connectivity index (χ0) is 23.8. The Bertz CT molecular complexity index is 1260. The van der Waals surface area contributed by atoms with Crippen LogP contribution in [0.2, 0.25) is 5.02 Å². The zero-order valence-corrected chi connectivity index (χ0v) is 18.6. The molecule has 1 atom stereocenters. The van der Waals surface area contributed by atoms with Crippen LogP contribution >= 0.6 is 11.6 Å². The molecule has 1 aromatic heterocycles. The average molecular weight is 468 g/mol. The number of aromatic nitrogens is 2. The third kappa shape index (κ3) is 4.43. The summed E-state index contributed by atoms with van der Waals surface area (Å²) in [7, 11) is 1.40. The molecule has 1 N–H and O–H groups in total. The summed E-state index contributed by atoms with van der Waals surface area (Å²) in [5.41, 5.74) is -1.13. The monoisotopic (exact) mass is 467 g/mol. The van der Waals surface area contributed by atoms with Crippen molar-refractivity contribution >= 4 is 34.2 Å². The van der Waals surface area contributed by atoms with Crippen molar-refractivity contribution in [2.24, 2.45) is 0 Å². The molecule has 0 saturated carbocycles. The highest BCUT2D eigenvalue weighted by atomic mass is 35.5. The zero-order valence-electron chi connectivity index (χ0n) is 17.8. The number of nitrogens with zero attached hydrogens (tertiary/aromatic N) is 2. The minimum absolute atomic E-state index is 0.0217. The molecular weight excluding hydrogens is 447 g/mol. The quantitative estimate of drug-likeness (QED) is 0.553. The van der Waals surface area contributed by atoms with E-state index in [0.717, 1.165) is 10.1 Å². The number of halogens is 4. The molecule has 0 spiro atoms. The second-order valence-electron chi connectivity index (χ2n) is 7.32. The summed E-state index contributed by atoms with van der Waals surface area (Å²) in [6.45, 7) is 5.10. The number of benzene rings is 2. The van der Waals surface area contributed by atoms with E-state index in [4.69, 9.17) is 16.3 Å². The first-order chi connectivity index (χ1) is 15.0. The van der Waals surface area contributed by atoms with E-state index >= 15 is 0 Å². The third-order valence-electron chi connectivity index (χ3n) is 5.19. The molecule has 32 heavy (non-hydrogen) atoms. The molecule has 6 nitrogen and oxygen atoms in total. The molecule has 170 valence electrons. The van der Waals surface area contributed by atoms with Crippen LogP contribution in [0.25, 0.3) is 11.0 Å². The van der Waals surface area contributed by atoms with Gasteiger partial charge in [-0.25, -0.2) is 4.98 Å². The van der Waals surface area contributed by atoms with Crippen molar-refractivity contribution in [3.63, 3.8) is 0 Å². The highest BCUT2D eigenvalue weighted by Crippen LogP contribution is 2.31. The SMILES string of the molecule is CC[C@@H](C(=O)Nc1cc(Cl)ccc1OC)n1c(=O)c(C(F)(F)F)nc2cc(C)c(C)cc21. The Kier molecular flexibility index (Phi) is 6.50. The third-order valence-corrected chi connectivity index (χ3v) is 5.43. The molecule has 3 rings (SSSR count). The number of methoxy groups -OCH3 is 1. The van der Waals surface area contributed by atoms with E-state index in [9.17, 15) is 22.8 Å². The van der Waals surface area contributed by atoms with E-state index in [1.165, 1.54) is 19.2 Å². The fourth-order valence-electron chi connectivity index (χ4n) is 3.43. The number of amides is 1. The molecular formula is C22H21ClF3N3O3. The Morgan fingerprint density at radius 3 is 2.47 bits per heavy atom. The Hall–Kier alpha value is -3.07. The maximum absolute atomic E-state index is 13.6. The molecule has 0 bridgehead atoms. The summed E-state index contributed by atoms with van der Waals surface area (Å²) in [5, 5.41) is 2.94. The average Bonchev–Trinajstić information content (AvgIpc) is 2.70. The van der Waals surface area contributed by atoms with Gasteiger partial charge in [0.15, 0.2) is 0 Å². The number of hydrogen-bond donors (Lipinski definition) is 1. The Morgan fingerprint density at radius 2 is 1.88 bits per heavy atom. The van der Waals surface area contributed by atoms with Gasteiger partial charge in [-0.1, -0.05) is 18.5 Å². The maximum atomic E-state index is 13.6. The van der Waals surface area contributed by atoms with Gasteiger partial charge in [0.05, 0.1) is 23.8 Å². The van der Waals surface area contributed by atoms with E-state index in [1.54, 1.807) is 39.0 Å². The minimum Gasteiger partial charge on any atom is -0.495 e. The number of carbonyl (C=O) groups is 1. The summed E-state index contributed by atoms with van der Waals surface area (Å²) >= 11 is 6.00. The number of fused-ring (bicyclic) bond motifs is 1. The van der Waals surface area contributed by atoms with Gasteiger partial charge in [0, 0.05) is 5.02 Å². The minimum atomic E-state index is -4.98. The molecule has 10 heteroatoms. The van der Waals surface area contributed by atoms with Crippen LogP contribution in [0.4, 0.5) is 18.9 Å². The number of carbonyl (C=O) groups excluding carboxylic acids is 1. The number of ether oxygens (including phenoxy) is 1. The second kappa shape index (κ2) is 8.82. The largest absolute Gasteiger partial charge is 0.495 e. The standard InChI is InChI=1S/C22H21ClF3N3O3/c1-5-16(20(30)28-15-10-13(23)6-7-18(15)32-4)29-17-9-12(3)11(2)8-14(17)27-19(21(29)31)22(24,25)26/h6-10,16H,5H2,1-4H3,(H,28,30)/t16-/m0/s1. The van der Waals surface area contributed by atoms with Crippen molar-refractivity contribution in [1.29, 1.82) is 0 Å². The van der Waals surface area contributed by atoms with E-state index in [0.29, 0.717) is 16.3 Å². The van der Waals surface area contributed by atoms with Crippen LogP contribution in [0.5, 0.6) is 5.75 Å². The molecule has 2 aromatic carbocycles. The number of nitrogens with one attached hydrogen (secondary N) is 1. The molecule has 1 amide bonds. The Labute approximate surface area is 187 Å². The number of anilines is 1. The molecule has 0 aliphatic carbocycles. The van der Waals surface area contributed by atoms with Gasteiger partial charge < -0.3 is 10.1 Å². The molecule has 0 saturated heterocycles. The van der Waals surface area contributed by atoms with Crippen LogP contribution in [0.3, 0.4) is 0 Å². The number of aryl methyl sites for hydroxylation is 2. The normalized spacial score (nSPS) is 12.6. The summed E-state index contributed by atoms with van der Waals surface area (Å²) in [6, 6.07) is 6.36. The molecule has 0 radical (unpaired) electrons. The van der Waals surface area contributed by atoms with Crippen molar-refractivity contribution < 1.29 is 22.7 Å². The van der Waals surface area contributed by atoms with E-state index in [1.807, 2.05) is 0 Å². The number of alkyl halides is 3. The van der Waals surface area contributed by atoms with E-state index in [-0.39, 0.29) is 23.1 Å². The summed E-state index contributed by atoms with van der Waals surface area (Å²) in [6.07, 6.45) is -4.92. The van der Waals surface area contributed by atoms with Gasteiger partial charge in [-0.05, 0) is 61.7 Å². The van der Waals surface area contributed by atoms with Crippen LogP contribution in [-0.2, 0) is 11.0 Å². The predicted molar refractivity (Wildman–Crippen MR) is 116 cm³/mol. The lowest BCUT2D eigenvalue weighted by atomic mass is 10.1. The Morgan fingerprint density at radius 1 is 1.22 bits per heavy atom. The fourth-order valence-corrected chi connectivity index (χ4v) is 3.61.